The predicted molar refractivity (Wildman–Crippen MR) is 105 cm³/mol. The summed E-state index contributed by atoms with van der Waals surface area (Å²) in [6.07, 6.45) is 0.908. The minimum Gasteiger partial charge on any atom is -0.447 e. The Kier molecular flexibility index (Phi) is 4.81. The van der Waals surface area contributed by atoms with Crippen molar-refractivity contribution < 1.29 is 9.53 Å². The number of nitrogens with two attached hydrogens (primary N) is 1. The van der Waals surface area contributed by atoms with E-state index in [2.05, 4.69) is 10.3 Å². The van der Waals surface area contributed by atoms with Gasteiger partial charge in [0, 0.05) is 21.9 Å². The van der Waals surface area contributed by atoms with Crippen molar-refractivity contribution >= 4 is 34.8 Å². The lowest BCUT2D eigenvalue weighted by atomic mass is 10.2. The number of nitrogens with zero attached hydrogens (tertiary/aromatic N) is 1. The van der Waals surface area contributed by atoms with Gasteiger partial charge in [0.15, 0.2) is 5.06 Å². The van der Waals surface area contributed by atoms with Gasteiger partial charge in [-0.2, -0.15) is 0 Å². The number of hydrogen-bond donors (Lipinski definition) is 2. The molecule has 4 rings (SSSR count). The van der Waals surface area contributed by atoms with Crippen LogP contribution in [-0.4, -0.2) is 16.6 Å². The van der Waals surface area contributed by atoms with Crippen molar-refractivity contribution in [2.75, 3.05) is 11.5 Å². The number of pyridine rings is 1. The van der Waals surface area contributed by atoms with Gasteiger partial charge in [-0.15, -0.1) is 23.1 Å². The maximum absolute atomic E-state index is 12.5. The molecule has 0 fully saturated rings. The van der Waals surface area contributed by atoms with Gasteiger partial charge < -0.3 is 15.8 Å². The van der Waals surface area contributed by atoms with Crippen molar-refractivity contribution in [3.05, 3.63) is 64.7 Å². The van der Waals surface area contributed by atoms with Crippen LogP contribution in [0, 0.1) is 0 Å². The fourth-order valence-electron chi connectivity index (χ4n) is 2.67. The molecule has 0 saturated heterocycles. The summed E-state index contributed by atoms with van der Waals surface area (Å²) >= 11 is 3.22. The summed E-state index contributed by atoms with van der Waals surface area (Å²) in [5, 5.41) is 3.70. The molecule has 1 aliphatic rings. The van der Waals surface area contributed by atoms with Crippen LogP contribution in [-0.2, 0) is 13.0 Å². The molecule has 0 bridgehead atoms. The van der Waals surface area contributed by atoms with Gasteiger partial charge in [0.1, 0.15) is 11.6 Å². The Morgan fingerprint density at radius 2 is 2.08 bits per heavy atom. The second kappa shape index (κ2) is 7.39. The normalized spacial score (nSPS) is 12.6. The Morgan fingerprint density at radius 1 is 1.23 bits per heavy atom. The number of thiophene rings is 1. The number of hydrogen-bond acceptors (Lipinski definition) is 6. The average molecular weight is 383 g/mol. The molecule has 0 radical (unpaired) electrons. The molecule has 5 nitrogen and oxygen atoms in total. The van der Waals surface area contributed by atoms with Crippen molar-refractivity contribution in [3.63, 3.8) is 0 Å². The van der Waals surface area contributed by atoms with Gasteiger partial charge in [-0.25, -0.2) is 4.98 Å². The van der Waals surface area contributed by atoms with E-state index >= 15 is 0 Å². The van der Waals surface area contributed by atoms with Gasteiger partial charge in [-0.1, -0.05) is 18.2 Å². The molecule has 0 unspecified atom stereocenters. The zero-order chi connectivity index (χ0) is 17.9. The molecule has 2 aromatic heterocycles. The quantitative estimate of drug-likeness (QED) is 0.694. The topological polar surface area (TPSA) is 77.2 Å². The maximum Gasteiger partial charge on any atom is 0.255 e. The predicted octanol–water partition coefficient (Wildman–Crippen LogP) is 4.10. The van der Waals surface area contributed by atoms with Crippen molar-refractivity contribution in [3.8, 4) is 10.8 Å². The van der Waals surface area contributed by atoms with Gasteiger partial charge in [0.25, 0.3) is 5.91 Å². The van der Waals surface area contributed by atoms with Gasteiger partial charge in [0.2, 0.25) is 0 Å². The minimum atomic E-state index is -0.204. The number of nitrogens with one attached hydrogen (secondary N) is 1. The van der Waals surface area contributed by atoms with Crippen LogP contribution in [0.3, 0.4) is 0 Å². The van der Waals surface area contributed by atoms with E-state index in [-0.39, 0.29) is 5.91 Å². The fourth-order valence-corrected chi connectivity index (χ4v) is 4.51. The van der Waals surface area contributed by atoms with Gasteiger partial charge in [-0.3, -0.25) is 4.79 Å². The second-order valence-electron chi connectivity index (χ2n) is 5.78. The number of rotatable bonds is 5. The minimum absolute atomic E-state index is 0.204. The van der Waals surface area contributed by atoms with Crippen LogP contribution < -0.4 is 15.8 Å². The standard InChI is InChI=1S/C19H17N3O2S2/c20-18-14(10-16-15(22-18)8-9-25-16)19(23)21-11-13-6-7-17(26-13)24-12-4-2-1-3-5-12/h1-7,10H,8-9,11H2,(H2,20,22)(H,21,23). The number of benzene rings is 1. The number of ether oxygens (including phenoxy) is 1. The summed E-state index contributed by atoms with van der Waals surface area (Å²) in [7, 11) is 0. The zero-order valence-electron chi connectivity index (χ0n) is 13.9. The smallest absolute Gasteiger partial charge is 0.255 e. The third kappa shape index (κ3) is 3.68. The number of para-hydroxylation sites is 1. The van der Waals surface area contributed by atoms with E-state index in [9.17, 15) is 4.79 Å². The first-order chi connectivity index (χ1) is 12.7. The SMILES string of the molecule is Nc1nc2c(cc1C(=O)NCc1ccc(Oc3ccccc3)s1)SCC2. The van der Waals surface area contributed by atoms with Crippen molar-refractivity contribution in [1.82, 2.24) is 10.3 Å². The molecule has 7 heteroatoms. The molecule has 1 aliphatic heterocycles. The fraction of sp³-hybridized carbons (Fsp3) is 0.158. The van der Waals surface area contributed by atoms with Crippen LogP contribution in [0.4, 0.5) is 5.82 Å². The highest BCUT2D eigenvalue weighted by atomic mass is 32.2. The molecular formula is C19H17N3O2S2. The van der Waals surface area contributed by atoms with Crippen molar-refractivity contribution in [2.45, 2.75) is 17.9 Å². The Labute approximate surface area is 159 Å². The number of carbonyl (C=O) groups is 1. The first kappa shape index (κ1) is 16.9. The highest BCUT2D eigenvalue weighted by Gasteiger charge is 2.19. The van der Waals surface area contributed by atoms with Gasteiger partial charge >= 0.3 is 0 Å². The van der Waals surface area contributed by atoms with E-state index in [0.29, 0.717) is 17.9 Å². The molecule has 26 heavy (non-hydrogen) atoms. The average Bonchev–Trinajstić information content (AvgIpc) is 3.28. The summed E-state index contributed by atoms with van der Waals surface area (Å²) in [5.41, 5.74) is 7.39. The molecular weight excluding hydrogens is 366 g/mol. The Morgan fingerprint density at radius 3 is 2.92 bits per heavy atom. The molecule has 3 aromatic rings. The number of aryl methyl sites for hydroxylation is 1. The van der Waals surface area contributed by atoms with E-state index in [4.69, 9.17) is 10.5 Å². The summed E-state index contributed by atoms with van der Waals surface area (Å²) in [6.45, 7) is 0.422. The van der Waals surface area contributed by atoms with E-state index in [1.165, 1.54) is 11.3 Å². The maximum atomic E-state index is 12.5. The first-order valence-electron chi connectivity index (χ1n) is 8.21. The highest BCUT2D eigenvalue weighted by Crippen LogP contribution is 2.32. The Balaban J connectivity index is 1.39. The number of fused-ring (bicyclic) bond motifs is 1. The Bertz CT molecular complexity index is 941. The molecule has 0 atom stereocenters. The van der Waals surface area contributed by atoms with Crippen molar-refractivity contribution in [2.24, 2.45) is 0 Å². The lowest BCUT2D eigenvalue weighted by molar-refractivity contribution is 0.0951. The molecule has 132 valence electrons. The molecule has 1 aromatic carbocycles. The lowest BCUT2D eigenvalue weighted by Gasteiger charge is -2.08. The van der Waals surface area contributed by atoms with Crippen LogP contribution >= 0.6 is 23.1 Å². The third-order valence-electron chi connectivity index (χ3n) is 3.95. The summed E-state index contributed by atoms with van der Waals surface area (Å²) < 4.78 is 5.79. The number of thioether (sulfide) groups is 1. The number of aromatic nitrogens is 1. The number of anilines is 1. The zero-order valence-corrected chi connectivity index (χ0v) is 15.5. The van der Waals surface area contributed by atoms with E-state index in [0.717, 1.165) is 38.5 Å². The number of nitrogen functional groups attached to an aromatic ring is 1. The van der Waals surface area contributed by atoms with Crippen molar-refractivity contribution in [1.29, 1.82) is 0 Å². The number of amides is 1. The van der Waals surface area contributed by atoms with Crippen LogP contribution in [0.1, 0.15) is 20.9 Å². The first-order valence-corrected chi connectivity index (χ1v) is 10.0. The number of carbonyl (C=O) groups excluding carboxylic acids is 1. The van der Waals surface area contributed by atoms with Crippen LogP contribution in [0.15, 0.2) is 53.4 Å². The summed E-state index contributed by atoms with van der Waals surface area (Å²) in [4.78, 5) is 18.9. The summed E-state index contributed by atoms with van der Waals surface area (Å²) in [6, 6.07) is 15.3. The monoisotopic (exact) mass is 383 g/mol. The molecule has 0 aliphatic carbocycles. The van der Waals surface area contributed by atoms with E-state index in [1.54, 1.807) is 11.8 Å². The third-order valence-corrected chi connectivity index (χ3v) is 5.99. The van der Waals surface area contributed by atoms with E-state index < -0.39 is 0 Å². The Hall–Kier alpha value is -2.51. The van der Waals surface area contributed by atoms with Gasteiger partial charge in [-0.05, 0) is 30.3 Å². The van der Waals surface area contributed by atoms with Crippen LogP contribution in [0.5, 0.6) is 10.8 Å². The van der Waals surface area contributed by atoms with Crippen LogP contribution in [0.25, 0.3) is 0 Å². The lowest BCUT2D eigenvalue weighted by Crippen LogP contribution is -2.24. The molecule has 1 amide bonds. The van der Waals surface area contributed by atoms with Gasteiger partial charge in [0.05, 0.1) is 17.8 Å². The van der Waals surface area contributed by atoms with Crippen LogP contribution in [0.2, 0.25) is 0 Å². The summed E-state index contributed by atoms with van der Waals surface area (Å²) in [5.74, 6) is 1.87. The molecule has 0 spiro atoms. The molecule has 3 N–H and O–H groups in total. The second-order valence-corrected chi connectivity index (χ2v) is 8.05. The highest BCUT2D eigenvalue weighted by molar-refractivity contribution is 7.99. The van der Waals surface area contributed by atoms with E-state index in [1.807, 2.05) is 48.5 Å². The largest absolute Gasteiger partial charge is 0.447 e. The molecule has 0 saturated carbocycles. The molecule has 3 heterocycles.